The first kappa shape index (κ1) is 15.6. The molecule has 0 spiro atoms. The normalized spacial score (nSPS) is 12.9. The van der Waals surface area contributed by atoms with Gasteiger partial charge in [-0.25, -0.2) is 18.4 Å². The van der Waals surface area contributed by atoms with E-state index in [4.69, 9.17) is 0 Å². The van der Waals surface area contributed by atoms with Crippen molar-refractivity contribution in [3.05, 3.63) is 47.5 Å². The first-order valence-electron chi connectivity index (χ1n) is 7.00. The molecule has 1 aromatic carbocycles. The van der Waals surface area contributed by atoms with Gasteiger partial charge in [-0.1, -0.05) is 6.07 Å². The van der Waals surface area contributed by atoms with Crippen LogP contribution in [0.4, 0.5) is 8.78 Å². The molecule has 2 aromatic rings. The van der Waals surface area contributed by atoms with Crippen LogP contribution in [0.1, 0.15) is 31.3 Å². The molecule has 0 saturated heterocycles. The predicted octanol–water partition coefficient (Wildman–Crippen LogP) is 2.51. The maximum atomic E-state index is 13.7. The summed E-state index contributed by atoms with van der Waals surface area (Å²) in [6.07, 6.45) is 2.62. The van der Waals surface area contributed by atoms with Gasteiger partial charge in [0.25, 0.3) is 0 Å². The molecule has 114 valence electrons. The second-order valence-corrected chi connectivity index (χ2v) is 5.34. The van der Waals surface area contributed by atoms with Gasteiger partial charge in [-0.05, 0) is 38.9 Å². The molecule has 4 nitrogen and oxygen atoms in total. The molecule has 0 radical (unpaired) electrons. The molecule has 1 heterocycles. The minimum absolute atomic E-state index is 0.00617. The van der Waals surface area contributed by atoms with E-state index in [1.165, 1.54) is 18.5 Å². The second kappa shape index (κ2) is 6.76. The summed E-state index contributed by atoms with van der Waals surface area (Å²) in [7, 11) is 1.82. The van der Waals surface area contributed by atoms with E-state index < -0.39 is 11.6 Å². The van der Waals surface area contributed by atoms with Crippen molar-refractivity contribution in [2.75, 3.05) is 7.05 Å². The standard InChI is InChI=1S/C15H20F2N4/c1-10(2)21-15(19-9-20-21)8-13(18-3)6-11-4-5-12(16)7-14(11)17/h4-5,7,9-10,13,18H,6,8H2,1-3H3. The minimum atomic E-state index is -0.559. The molecule has 6 heteroatoms. The molecule has 0 saturated carbocycles. The molecule has 1 unspecified atom stereocenters. The van der Waals surface area contributed by atoms with Crippen LogP contribution in [-0.2, 0) is 12.8 Å². The van der Waals surface area contributed by atoms with Gasteiger partial charge in [0.05, 0.1) is 0 Å². The highest BCUT2D eigenvalue weighted by molar-refractivity contribution is 5.20. The van der Waals surface area contributed by atoms with Crippen LogP contribution in [0, 0.1) is 11.6 Å². The second-order valence-electron chi connectivity index (χ2n) is 5.34. The number of hydrogen-bond acceptors (Lipinski definition) is 3. The van der Waals surface area contributed by atoms with Crippen LogP contribution >= 0.6 is 0 Å². The van der Waals surface area contributed by atoms with E-state index in [9.17, 15) is 8.78 Å². The summed E-state index contributed by atoms with van der Waals surface area (Å²) in [6.45, 7) is 4.07. The fourth-order valence-corrected chi connectivity index (χ4v) is 2.30. The van der Waals surface area contributed by atoms with E-state index in [1.54, 1.807) is 0 Å². The molecular weight excluding hydrogens is 274 g/mol. The summed E-state index contributed by atoms with van der Waals surface area (Å²) in [5, 5.41) is 7.35. The van der Waals surface area contributed by atoms with Crippen LogP contribution in [0.2, 0.25) is 0 Å². The van der Waals surface area contributed by atoms with Crippen molar-refractivity contribution in [2.24, 2.45) is 0 Å². The van der Waals surface area contributed by atoms with Crippen LogP contribution in [-0.4, -0.2) is 27.9 Å². The number of benzene rings is 1. The van der Waals surface area contributed by atoms with Crippen molar-refractivity contribution in [1.82, 2.24) is 20.1 Å². The maximum absolute atomic E-state index is 13.7. The monoisotopic (exact) mass is 294 g/mol. The average Bonchev–Trinajstić information content (AvgIpc) is 2.89. The summed E-state index contributed by atoms with van der Waals surface area (Å²) in [5.74, 6) is -0.218. The van der Waals surface area contributed by atoms with Crippen LogP contribution in [0.5, 0.6) is 0 Å². The van der Waals surface area contributed by atoms with Gasteiger partial charge >= 0.3 is 0 Å². The Balaban J connectivity index is 2.11. The number of rotatable bonds is 6. The van der Waals surface area contributed by atoms with Gasteiger partial charge < -0.3 is 5.32 Å². The fourth-order valence-electron chi connectivity index (χ4n) is 2.30. The Labute approximate surface area is 123 Å². The highest BCUT2D eigenvalue weighted by Crippen LogP contribution is 2.14. The van der Waals surface area contributed by atoms with Crippen molar-refractivity contribution in [1.29, 1.82) is 0 Å². The summed E-state index contributed by atoms with van der Waals surface area (Å²) >= 11 is 0. The Hall–Kier alpha value is -1.82. The van der Waals surface area contributed by atoms with E-state index in [0.717, 1.165) is 11.9 Å². The zero-order chi connectivity index (χ0) is 15.4. The van der Waals surface area contributed by atoms with Crippen molar-refractivity contribution >= 4 is 0 Å². The first-order valence-corrected chi connectivity index (χ1v) is 7.00. The quantitative estimate of drug-likeness (QED) is 0.890. The highest BCUT2D eigenvalue weighted by atomic mass is 19.1. The molecule has 0 bridgehead atoms. The lowest BCUT2D eigenvalue weighted by Gasteiger charge is -2.18. The number of hydrogen-bond donors (Lipinski definition) is 1. The average molecular weight is 294 g/mol. The Morgan fingerprint density at radius 1 is 1.24 bits per heavy atom. The molecule has 0 aliphatic heterocycles. The molecule has 0 fully saturated rings. The molecule has 21 heavy (non-hydrogen) atoms. The van der Waals surface area contributed by atoms with Gasteiger partial charge in [0.15, 0.2) is 0 Å². The molecule has 0 aliphatic carbocycles. The Morgan fingerprint density at radius 2 is 2.00 bits per heavy atom. The predicted molar refractivity (Wildman–Crippen MR) is 77.0 cm³/mol. The van der Waals surface area contributed by atoms with Crippen molar-refractivity contribution < 1.29 is 8.78 Å². The van der Waals surface area contributed by atoms with Crippen molar-refractivity contribution in [3.63, 3.8) is 0 Å². The Morgan fingerprint density at radius 3 is 2.62 bits per heavy atom. The third-order valence-electron chi connectivity index (χ3n) is 3.46. The molecule has 0 aliphatic rings. The lowest BCUT2D eigenvalue weighted by molar-refractivity contribution is 0.465. The number of aromatic nitrogens is 3. The van der Waals surface area contributed by atoms with Gasteiger partial charge in [0.2, 0.25) is 0 Å². The molecule has 1 aromatic heterocycles. The fraction of sp³-hybridized carbons (Fsp3) is 0.467. The zero-order valence-corrected chi connectivity index (χ0v) is 12.5. The van der Waals surface area contributed by atoms with Gasteiger partial charge in [0.1, 0.15) is 23.8 Å². The van der Waals surface area contributed by atoms with Gasteiger partial charge in [0, 0.05) is 24.6 Å². The Bertz CT molecular complexity index is 595. The largest absolute Gasteiger partial charge is 0.316 e. The summed E-state index contributed by atoms with van der Waals surface area (Å²) in [4.78, 5) is 4.26. The van der Waals surface area contributed by atoms with Gasteiger partial charge in [-0.15, -0.1) is 0 Å². The number of likely N-dealkylation sites (N-methyl/N-ethyl adjacent to an activating group) is 1. The molecule has 0 amide bonds. The minimum Gasteiger partial charge on any atom is -0.316 e. The summed E-state index contributed by atoms with van der Waals surface area (Å²) in [6, 6.07) is 3.91. The van der Waals surface area contributed by atoms with Crippen molar-refractivity contribution in [2.45, 2.75) is 38.8 Å². The smallest absolute Gasteiger partial charge is 0.138 e. The number of halogens is 2. The Kier molecular flexibility index (Phi) is 5.01. The van der Waals surface area contributed by atoms with Crippen LogP contribution in [0.3, 0.4) is 0 Å². The lowest BCUT2D eigenvalue weighted by Crippen LogP contribution is -2.31. The molecule has 2 rings (SSSR count). The van der Waals surface area contributed by atoms with E-state index in [0.29, 0.717) is 18.4 Å². The topological polar surface area (TPSA) is 42.7 Å². The summed E-state index contributed by atoms with van der Waals surface area (Å²) in [5.41, 5.74) is 0.492. The molecule has 1 atom stereocenters. The number of nitrogens with one attached hydrogen (secondary N) is 1. The maximum Gasteiger partial charge on any atom is 0.138 e. The van der Waals surface area contributed by atoms with Crippen LogP contribution in [0.25, 0.3) is 0 Å². The first-order chi connectivity index (χ1) is 10.0. The summed E-state index contributed by atoms with van der Waals surface area (Å²) < 4.78 is 28.5. The zero-order valence-electron chi connectivity index (χ0n) is 12.5. The third kappa shape index (κ3) is 3.85. The third-order valence-corrected chi connectivity index (χ3v) is 3.46. The van der Waals surface area contributed by atoms with Crippen molar-refractivity contribution in [3.8, 4) is 0 Å². The van der Waals surface area contributed by atoms with E-state index >= 15 is 0 Å². The lowest BCUT2D eigenvalue weighted by atomic mass is 10.0. The van der Waals surface area contributed by atoms with E-state index in [2.05, 4.69) is 15.4 Å². The number of nitrogens with zero attached hydrogens (tertiary/aromatic N) is 3. The molecule has 1 N–H and O–H groups in total. The van der Waals surface area contributed by atoms with Gasteiger partial charge in [-0.3, -0.25) is 0 Å². The highest BCUT2D eigenvalue weighted by Gasteiger charge is 2.16. The van der Waals surface area contributed by atoms with E-state index in [-0.39, 0.29) is 12.1 Å². The molecular formula is C15H20F2N4. The van der Waals surface area contributed by atoms with Crippen LogP contribution in [0.15, 0.2) is 24.5 Å². The SMILES string of the molecule is CNC(Cc1ccc(F)cc1F)Cc1ncnn1C(C)C. The van der Waals surface area contributed by atoms with Gasteiger partial charge in [-0.2, -0.15) is 5.10 Å². The van der Waals surface area contributed by atoms with Crippen LogP contribution < -0.4 is 5.32 Å². The van der Waals surface area contributed by atoms with E-state index in [1.807, 2.05) is 25.6 Å².